The zero-order chi connectivity index (χ0) is 31.6. The molecule has 3 aromatic carbocycles. The fourth-order valence-corrected chi connectivity index (χ4v) is 7.68. The number of aliphatic hydroxyl groups excluding tert-OH is 1. The lowest BCUT2D eigenvalue weighted by Gasteiger charge is -2.36. The van der Waals surface area contributed by atoms with Gasteiger partial charge in [0, 0.05) is 31.0 Å². The fraction of sp³-hybridized carbons (Fsp3) is 0.417. The molecule has 45 heavy (non-hydrogen) atoms. The van der Waals surface area contributed by atoms with Gasteiger partial charge in [0.2, 0.25) is 17.7 Å². The minimum Gasteiger partial charge on any atom is -0.394 e. The maximum Gasteiger partial charge on any atom is 0.250 e. The predicted octanol–water partition coefficient (Wildman–Crippen LogP) is 3.77. The summed E-state index contributed by atoms with van der Waals surface area (Å²) in [5.74, 6) is -2.49. The minimum absolute atomic E-state index is 0.250. The highest BCUT2D eigenvalue weighted by atomic mass is 16.5. The quantitative estimate of drug-likeness (QED) is 0.288. The molecule has 0 aliphatic carbocycles. The van der Waals surface area contributed by atoms with Gasteiger partial charge in [0.25, 0.3) is 0 Å². The predicted molar refractivity (Wildman–Crippen MR) is 172 cm³/mol. The fourth-order valence-electron chi connectivity index (χ4n) is 7.68. The minimum atomic E-state index is -1.16. The highest BCUT2D eigenvalue weighted by Crippen LogP contribution is 2.59. The molecule has 3 aliphatic heterocycles. The van der Waals surface area contributed by atoms with Crippen LogP contribution in [-0.4, -0.2) is 71.2 Å². The maximum atomic E-state index is 14.5. The summed E-state index contributed by atoms with van der Waals surface area (Å²) in [6, 6.07) is 25.2. The summed E-state index contributed by atoms with van der Waals surface area (Å²) in [7, 11) is 0. The van der Waals surface area contributed by atoms with Crippen LogP contribution >= 0.6 is 0 Å². The number of anilines is 2. The van der Waals surface area contributed by atoms with Crippen molar-refractivity contribution >= 4 is 29.1 Å². The number of nitrogens with one attached hydrogen (secondary N) is 2. The average Bonchev–Trinajstić information content (AvgIpc) is 3.72. The van der Waals surface area contributed by atoms with Gasteiger partial charge in [-0.3, -0.25) is 14.4 Å². The van der Waals surface area contributed by atoms with Gasteiger partial charge in [0.15, 0.2) is 0 Å². The van der Waals surface area contributed by atoms with Crippen LogP contribution in [0.25, 0.3) is 0 Å². The van der Waals surface area contributed by atoms with Crippen molar-refractivity contribution in [3.05, 3.63) is 96.1 Å². The van der Waals surface area contributed by atoms with Gasteiger partial charge in [-0.1, -0.05) is 60.7 Å². The molecule has 0 saturated carbocycles. The van der Waals surface area contributed by atoms with Gasteiger partial charge in [-0.25, -0.2) is 0 Å². The summed E-state index contributed by atoms with van der Waals surface area (Å²) in [6.07, 6.45) is 0.964. The first-order valence-corrected chi connectivity index (χ1v) is 16.0. The number of likely N-dealkylation sites (tertiary alicyclic amines) is 1. The number of amides is 3. The average molecular weight is 611 g/mol. The van der Waals surface area contributed by atoms with Crippen molar-refractivity contribution in [2.24, 2.45) is 11.8 Å². The third-order valence-corrected chi connectivity index (χ3v) is 9.78. The largest absolute Gasteiger partial charge is 0.394 e. The molecule has 2 bridgehead atoms. The number of hydrogen-bond donors (Lipinski definition) is 3. The van der Waals surface area contributed by atoms with E-state index >= 15 is 0 Å². The van der Waals surface area contributed by atoms with Crippen molar-refractivity contribution in [2.75, 3.05) is 29.9 Å². The summed E-state index contributed by atoms with van der Waals surface area (Å²) in [5, 5.41) is 16.7. The van der Waals surface area contributed by atoms with Crippen molar-refractivity contribution in [3.63, 3.8) is 0 Å². The zero-order valence-corrected chi connectivity index (χ0v) is 25.9. The van der Waals surface area contributed by atoms with Crippen LogP contribution in [0, 0.1) is 11.8 Å². The molecule has 3 saturated heterocycles. The summed E-state index contributed by atoms with van der Waals surface area (Å²) >= 11 is 0. The molecule has 0 radical (unpaired) electrons. The first-order valence-electron chi connectivity index (χ1n) is 16.0. The molecule has 3 fully saturated rings. The van der Waals surface area contributed by atoms with E-state index in [-0.39, 0.29) is 24.3 Å². The Bertz CT molecular complexity index is 1500. The Morgan fingerprint density at radius 2 is 1.60 bits per heavy atom. The van der Waals surface area contributed by atoms with E-state index in [1.165, 1.54) is 4.90 Å². The molecule has 3 amide bonds. The molecule has 3 N–H and O–H groups in total. The van der Waals surface area contributed by atoms with Gasteiger partial charge in [-0.2, -0.15) is 0 Å². The third-order valence-electron chi connectivity index (χ3n) is 9.78. The van der Waals surface area contributed by atoms with Crippen LogP contribution in [0.2, 0.25) is 0 Å². The lowest BCUT2D eigenvalue weighted by atomic mass is 9.70. The van der Waals surface area contributed by atoms with Gasteiger partial charge < -0.3 is 30.3 Å². The Balaban J connectivity index is 1.31. The second kappa shape index (κ2) is 13.0. The van der Waals surface area contributed by atoms with Crippen LogP contribution < -0.4 is 15.5 Å². The van der Waals surface area contributed by atoms with Gasteiger partial charge in [0.05, 0.1) is 30.6 Å². The van der Waals surface area contributed by atoms with E-state index in [9.17, 15) is 19.5 Å². The smallest absolute Gasteiger partial charge is 0.250 e. The van der Waals surface area contributed by atoms with Crippen LogP contribution in [0.5, 0.6) is 0 Å². The first kappa shape index (κ1) is 30.8. The number of carbonyl (C=O) groups excluding carboxylic acids is 3. The Labute approximate surface area is 264 Å². The number of nitrogens with zero attached hydrogens (tertiary/aromatic N) is 2. The summed E-state index contributed by atoms with van der Waals surface area (Å²) in [6.45, 7) is 5.93. The summed E-state index contributed by atoms with van der Waals surface area (Å²) < 4.78 is 6.59. The Kier molecular flexibility index (Phi) is 8.92. The van der Waals surface area contributed by atoms with Gasteiger partial charge in [-0.05, 0) is 68.5 Å². The highest BCUT2D eigenvalue weighted by molar-refractivity contribution is 6.03. The van der Waals surface area contributed by atoms with E-state index in [2.05, 4.69) is 29.4 Å². The molecule has 3 aliphatic rings. The molecule has 1 spiro atoms. The van der Waals surface area contributed by atoms with E-state index in [0.717, 1.165) is 29.9 Å². The number of benzene rings is 3. The SMILES string of the molecule is CCN(CC)c1ccc(NC(=O)C2N([C@@H](CO)Cc3ccccc3)C(=O)[C@@H]3[C@@H](C(=O)NCc4ccccc4)[C@H]4CCC23O4)cc1. The molecule has 3 aromatic rings. The van der Waals surface area contributed by atoms with Crippen LogP contribution in [0.4, 0.5) is 11.4 Å². The van der Waals surface area contributed by atoms with E-state index in [1.54, 1.807) is 0 Å². The molecule has 2 unspecified atom stereocenters. The van der Waals surface area contributed by atoms with Crippen LogP contribution in [0.15, 0.2) is 84.9 Å². The summed E-state index contributed by atoms with van der Waals surface area (Å²) in [5.41, 5.74) is 2.39. The first-order chi connectivity index (χ1) is 21.9. The van der Waals surface area contributed by atoms with Crippen LogP contribution in [0.3, 0.4) is 0 Å². The Morgan fingerprint density at radius 1 is 0.956 bits per heavy atom. The van der Waals surface area contributed by atoms with Crippen molar-refractivity contribution in [1.82, 2.24) is 10.2 Å². The molecule has 9 heteroatoms. The van der Waals surface area contributed by atoms with Crippen LogP contribution in [-0.2, 0) is 32.1 Å². The number of carbonyl (C=O) groups is 3. The molecular formula is C36H42N4O5. The van der Waals surface area contributed by atoms with Gasteiger partial charge in [-0.15, -0.1) is 0 Å². The van der Waals surface area contributed by atoms with Crippen molar-refractivity contribution in [1.29, 1.82) is 0 Å². The molecule has 9 nitrogen and oxygen atoms in total. The number of fused-ring (bicyclic) bond motifs is 1. The maximum absolute atomic E-state index is 14.5. The Hall–Kier alpha value is -4.21. The highest BCUT2D eigenvalue weighted by Gasteiger charge is 2.75. The molecule has 236 valence electrons. The number of rotatable bonds is 12. The topological polar surface area (TPSA) is 111 Å². The number of hydrogen-bond acceptors (Lipinski definition) is 6. The molecule has 3 heterocycles. The molecule has 6 atom stereocenters. The van der Waals surface area contributed by atoms with E-state index in [0.29, 0.717) is 31.5 Å². The second-order valence-corrected chi connectivity index (χ2v) is 12.2. The second-order valence-electron chi connectivity index (χ2n) is 12.2. The monoisotopic (exact) mass is 610 g/mol. The van der Waals surface area contributed by atoms with Gasteiger partial charge in [0.1, 0.15) is 11.6 Å². The molecule has 0 aromatic heterocycles. The van der Waals surface area contributed by atoms with Crippen molar-refractivity contribution in [2.45, 2.75) is 63.4 Å². The normalized spacial score (nSPS) is 25.6. The lowest BCUT2D eigenvalue weighted by Crippen LogP contribution is -2.56. The van der Waals surface area contributed by atoms with E-state index in [4.69, 9.17) is 4.74 Å². The number of aliphatic hydroxyl groups is 1. The zero-order valence-electron chi connectivity index (χ0n) is 25.9. The van der Waals surface area contributed by atoms with Crippen molar-refractivity contribution < 1.29 is 24.2 Å². The summed E-state index contributed by atoms with van der Waals surface area (Å²) in [4.78, 5) is 46.2. The standard InChI is InChI=1S/C36H42N4O5/c1-3-39(4-2)27-17-15-26(16-18-27)38-34(43)32-36-20-19-29(45-36)30(33(42)37-22-25-13-9-6-10-14-25)31(36)35(44)40(32)28(23-41)21-24-11-7-5-8-12-24/h5-18,28-32,41H,3-4,19-23H2,1-2H3,(H,37,42)(H,38,43)/t28-,29-,30+,31+,32?,36?/m1/s1. The molecular weight excluding hydrogens is 568 g/mol. The van der Waals surface area contributed by atoms with Gasteiger partial charge >= 0.3 is 0 Å². The van der Waals surface area contributed by atoms with E-state index < -0.39 is 35.6 Å². The van der Waals surface area contributed by atoms with Crippen LogP contribution in [0.1, 0.15) is 37.8 Å². The Morgan fingerprint density at radius 3 is 2.22 bits per heavy atom. The van der Waals surface area contributed by atoms with Crippen molar-refractivity contribution in [3.8, 4) is 0 Å². The third kappa shape index (κ3) is 5.71. The molecule has 6 rings (SSSR count). The lowest BCUT2D eigenvalue weighted by molar-refractivity contribution is -0.144. The van der Waals surface area contributed by atoms with E-state index in [1.807, 2.05) is 84.9 Å². The number of ether oxygens (including phenoxy) is 1.